The molecule has 1 N–H and O–H groups in total. The fourth-order valence-electron chi connectivity index (χ4n) is 3.10. The predicted octanol–water partition coefficient (Wildman–Crippen LogP) is 4.13. The molecule has 2 aromatic carbocycles. The first-order chi connectivity index (χ1) is 13.5. The van der Waals surface area contributed by atoms with Gasteiger partial charge in [0.25, 0.3) is 0 Å². The number of carbonyl (C=O) groups excluding carboxylic acids is 1. The average Bonchev–Trinajstić information content (AvgIpc) is 3.10. The summed E-state index contributed by atoms with van der Waals surface area (Å²) in [6, 6.07) is 16.2. The molecular formula is C21H19FN4OS. The highest BCUT2D eigenvalue weighted by Gasteiger charge is 2.19. The Morgan fingerprint density at radius 2 is 1.93 bits per heavy atom. The zero-order chi connectivity index (χ0) is 19.7. The van der Waals surface area contributed by atoms with Crippen molar-refractivity contribution < 1.29 is 9.18 Å². The molecule has 0 aliphatic heterocycles. The Kier molecular flexibility index (Phi) is 5.00. The van der Waals surface area contributed by atoms with Crippen molar-refractivity contribution >= 4 is 34.2 Å². The summed E-state index contributed by atoms with van der Waals surface area (Å²) in [6.07, 6.45) is 0. The third kappa shape index (κ3) is 3.57. The van der Waals surface area contributed by atoms with Crippen molar-refractivity contribution in [2.45, 2.75) is 30.8 Å². The lowest BCUT2D eigenvalue weighted by atomic mass is 10.1. The Labute approximate surface area is 166 Å². The number of para-hydroxylation sites is 1. The van der Waals surface area contributed by atoms with Crippen LogP contribution in [0, 0.1) is 12.7 Å². The number of nitrogens with zero attached hydrogens (tertiary/aromatic N) is 3. The maximum atomic E-state index is 13.0. The first-order valence-electron chi connectivity index (χ1n) is 8.95. The summed E-state index contributed by atoms with van der Waals surface area (Å²) in [5.41, 5.74) is 3.76. The third-order valence-electron chi connectivity index (χ3n) is 4.61. The molecule has 0 aliphatic rings. The molecule has 2 aromatic heterocycles. The van der Waals surface area contributed by atoms with Gasteiger partial charge in [-0.05, 0) is 49.2 Å². The van der Waals surface area contributed by atoms with Gasteiger partial charge < -0.3 is 5.32 Å². The van der Waals surface area contributed by atoms with E-state index in [0.29, 0.717) is 11.7 Å². The number of thioether (sulfide) groups is 1. The Morgan fingerprint density at radius 1 is 1.18 bits per heavy atom. The van der Waals surface area contributed by atoms with Crippen LogP contribution in [0.25, 0.3) is 16.6 Å². The number of fused-ring (bicyclic) bond motifs is 3. The summed E-state index contributed by atoms with van der Waals surface area (Å²) in [6.45, 7) is 4.24. The summed E-state index contributed by atoms with van der Waals surface area (Å²) in [5.74, 6) is -0.400. The number of aryl methyl sites for hydroxylation is 1. The second-order valence-corrected chi connectivity index (χ2v) is 7.93. The van der Waals surface area contributed by atoms with E-state index in [9.17, 15) is 9.18 Å². The molecule has 2 heterocycles. The highest BCUT2D eigenvalue weighted by atomic mass is 32.2. The maximum absolute atomic E-state index is 13.0. The van der Waals surface area contributed by atoms with Crippen molar-refractivity contribution in [1.82, 2.24) is 19.9 Å². The van der Waals surface area contributed by atoms with Gasteiger partial charge in [0, 0.05) is 11.9 Å². The largest absolute Gasteiger partial charge is 0.351 e. The standard InChI is InChI=1S/C21H19FN4OS/c1-13-11-19-24-25-21(26(19)18-6-4-3-5-17(13)18)28-14(2)20(27)23-12-15-7-9-16(22)10-8-15/h3-11,14H,12H2,1-2H3,(H,23,27). The fraction of sp³-hybridized carbons (Fsp3) is 0.190. The van der Waals surface area contributed by atoms with Crippen molar-refractivity contribution in [3.8, 4) is 0 Å². The first kappa shape index (κ1) is 18.4. The minimum Gasteiger partial charge on any atom is -0.351 e. The summed E-state index contributed by atoms with van der Waals surface area (Å²) < 4.78 is 15.0. The lowest BCUT2D eigenvalue weighted by molar-refractivity contribution is -0.120. The maximum Gasteiger partial charge on any atom is 0.233 e. The van der Waals surface area contributed by atoms with Crippen LogP contribution >= 0.6 is 11.8 Å². The number of halogens is 1. The van der Waals surface area contributed by atoms with Crippen LogP contribution in [0.4, 0.5) is 4.39 Å². The Morgan fingerprint density at radius 3 is 2.71 bits per heavy atom. The summed E-state index contributed by atoms with van der Waals surface area (Å²) in [4.78, 5) is 12.5. The molecule has 142 valence electrons. The molecule has 1 amide bonds. The molecule has 0 saturated carbocycles. The third-order valence-corrected chi connectivity index (χ3v) is 5.65. The van der Waals surface area contributed by atoms with Gasteiger partial charge >= 0.3 is 0 Å². The number of nitrogens with one attached hydrogen (secondary N) is 1. The number of rotatable bonds is 5. The fourth-order valence-corrected chi connectivity index (χ4v) is 3.99. The Balaban J connectivity index is 1.53. The molecule has 0 saturated heterocycles. The van der Waals surface area contributed by atoms with Crippen molar-refractivity contribution in [3.63, 3.8) is 0 Å². The van der Waals surface area contributed by atoms with Crippen LogP contribution < -0.4 is 5.32 Å². The van der Waals surface area contributed by atoms with Crippen molar-refractivity contribution in [2.75, 3.05) is 0 Å². The molecule has 1 unspecified atom stereocenters. The normalized spacial score (nSPS) is 12.4. The van der Waals surface area contributed by atoms with Gasteiger partial charge in [-0.2, -0.15) is 0 Å². The van der Waals surface area contributed by atoms with E-state index in [1.165, 1.54) is 23.9 Å². The topological polar surface area (TPSA) is 59.3 Å². The molecule has 5 nitrogen and oxygen atoms in total. The van der Waals surface area contributed by atoms with Gasteiger partial charge in [0.15, 0.2) is 10.8 Å². The number of pyridine rings is 1. The van der Waals surface area contributed by atoms with E-state index in [0.717, 1.165) is 27.7 Å². The zero-order valence-corrected chi connectivity index (χ0v) is 16.3. The highest BCUT2D eigenvalue weighted by Crippen LogP contribution is 2.27. The van der Waals surface area contributed by atoms with Crippen molar-refractivity contribution in [1.29, 1.82) is 0 Å². The van der Waals surface area contributed by atoms with Crippen LogP contribution in [0.1, 0.15) is 18.1 Å². The van der Waals surface area contributed by atoms with Crippen molar-refractivity contribution in [3.05, 3.63) is 71.5 Å². The smallest absolute Gasteiger partial charge is 0.233 e. The second-order valence-electron chi connectivity index (χ2n) is 6.63. The SMILES string of the molecule is Cc1cc2nnc(SC(C)C(=O)NCc3ccc(F)cc3)n2c2ccccc12. The molecule has 0 radical (unpaired) electrons. The van der Waals surface area contributed by atoms with E-state index in [4.69, 9.17) is 0 Å². The average molecular weight is 394 g/mol. The van der Waals surface area contributed by atoms with Gasteiger partial charge in [-0.3, -0.25) is 9.20 Å². The van der Waals surface area contributed by atoms with Gasteiger partial charge in [-0.15, -0.1) is 10.2 Å². The van der Waals surface area contributed by atoms with E-state index in [1.807, 2.05) is 35.6 Å². The number of hydrogen-bond acceptors (Lipinski definition) is 4. The quantitative estimate of drug-likeness (QED) is 0.517. The van der Waals surface area contributed by atoms with Crippen LogP contribution in [0.3, 0.4) is 0 Å². The zero-order valence-electron chi connectivity index (χ0n) is 15.5. The summed E-state index contributed by atoms with van der Waals surface area (Å²) >= 11 is 1.36. The molecule has 28 heavy (non-hydrogen) atoms. The number of carbonyl (C=O) groups is 1. The Bertz CT molecular complexity index is 1160. The van der Waals surface area contributed by atoms with Crippen molar-refractivity contribution in [2.24, 2.45) is 0 Å². The van der Waals surface area contributed by atoms with Crippen LogP contribution in [-0.2, 0) is 11.3 Å². The highest BCUT2D eigenvalue weighted by molar-refractivity contribution is 8.00. The Hall–Kier alpha value is -2.93. The predicted molar refractivity (Wildman–Crippen MR) is 109 cm³/mol. The lowest BCUT2D eigenvalue weighted by Gasteiger charge is -2.12. The van der Waals surface area contributed by atoms with E-state index >= 15 is 0 Å². The summed E-state index contributed by atoms with van der Waals surface area (Å²) in [5, 5.41) is 12.9. The second kappa shape index (κ2) is 7.59. The van der Waals surface area contributed by atoms with Gasteiger partial charge in [0.05, 0.1) is 10.8 Å². The van der Waals surface area contributed by atoms with Gasteiger partial charge in [0.1, 0.15) is 5.82 Å². The number of hydrogen-bond donors (Lipinski definition) is 1. The number of amides is 1. The molecule has 0 bridgehead atoms. The molecular weight excluding hydrogens is 375 g/mol. The van der Waals surface area contributed by atoms with E-state index in [1.54, 1.807) is 12.1 Å². The van der Waals surface area contributed by atoms with Crippen LogP contribution in [0.15, 0.2) is 59.8 Å². The van der Waals surface area contributed by atoms with Crippen LogP contribution in [0.5, 0.6) is 0 Å². The summed E-state index contributed by atoms with van der Waals surface area (Å²) in [7, 11) is 0. The molecule has 0 fully saturated rings. The van der Waals surface area contributed by atoms with Gasteiger partial charge in [-0.1, -0.05) is 42.1 Å². The van der Waals surface area contributed by atoms with Crippen LogP contribution in [0.2, 0.25) is 0 Å². The molecule has 0 aliphatic carbocycles. The monoisotopic (exact) mass is 394 g/mol. The number of benzene rings is 2. The minimum absolute atomic E-state index is 0.109. The first-order valence-corrected chi connectivity index (χ1v) is 9.83. The minimum atomic E-state index is -0.354. The van der Waals surface area contributed by atoms with E-state index in [2.05, 4.69) is 28.5 Å². The lowest BCUT2D eigenvalue weighted by Crippen LogP contribution is -2.30. The van der Waals surface area contributed by atoms with Gasteiger partial charge in [-0.25, -0.2) is 4.39 Å². The molecule has 7 heteroatoms. The van der Waals surface area contributed by atoms with E-state index in [-0.39, 0.29) is 17.0 Å². The van der Waals surface area contributed by atoms with Crippen LogP contribution in [-0.4, -0.2) is 25.8 Å². The number of aromatic nitrogens is 3. The molecule has 0 spiro atoms. The van der Waals surface area contributed by atoms with E-state index < -0.39 is 0 Å². The molecule has 4 rings (SSSR count). The van der Waals surface area contributed by atoms with Gasteiger partial charge in [0.2, 0.25) is 5.91 Å². The molecule has 4 aromatic rings. The molecule has 1 atom stereocenters.